The lowest BCUT2D eigenvalue weighted by atomic mass is 9.84. The fourth-order valence-corrected chi connectivity index (χ4v) is 3.39. The lowest BCUT2D eigenvalue weighted by Gasteiger charge is -2.23. The van der Waals surface area contributed by atoms with Crippen molar-refractivity contribution in [3.8, 4) is 17.2 Å². The lowest BCUT2D eigenvalue weighted by Crippen LogP contribution is -2.30. The van der Waals surface area contributed by atoms with Crippen molar-refractivity contribution < 1.29 is 23.8 Å². The molecule has 0 bridgehead atoms. The number of aromatic nitrogens is 1. The summed E-state index contributed by atoms with van der Waals surface area (Å²) in [5.41, 5.74) is 0.127. The minimum atomic E-state index is -0.611. The Morgan fingerprint density at radius 1 is 0.926 bits per heavy atom. The van der Waals surface area contributed by atoms with Gasteiger partial charge in [-0.15, -0.1) is 0 Å². The molecule has 142 valence electrons. The van der Waals surface area contributed by atoms with Crippen molar-refractivity contribution >= 4 is 11.6 Å². The molecular formula is C20H21NO6. The third-order valence-corrected chi connectivity index (χ3v) is 4.71. The van der Waals surface area contributed by atoms with Gasteiger partial charge in [0.2, 0.25) is 11.2 Å². The van der Waals surface area contributed by atoms with Crippen molar-refractivity contribution in [1.82, 2.24) is 4.98 Å². The molecule has 0 saturated heterocycles. The van der Waals surface area contributed by atoms with Gasteiger partial charge in [-0.3, -0.25) is 14.4 Å². The molecule has 0 amide bonds. The van der Waals surface area contributed by atoms with Gasteiger partial charge < -0.3 is 19.2 Å². The number of hydrogen-bond acceptors (Lipinski definition) is 6. The van der Waals surface area contributed by atoms with E-state index in [1.54, 1.807) is 6.07 Å². The van der Waals surface area contributed by atoms with Crippen molar-refractivity contribution in [3.05, 3.63) is 50.4 Å². The Balaban J connectivity index is 2.32. The first-order valence-electron chi connectivity index (χ1n) is 8.66. The second kappa shape index (κ2) is 7.26. The van der Waals surface area contributed by atoms with Gasteiger partial charge in [-0.25, -0.2) is 0 Å². The van der Waals surface area contributed by atoms with Gasteiger partial charge in [0.05, 0.1) is 26.9 Å². The Labute approximate surface area is 156 Å². The molecule has 1 N–H and O–H groups in total. The summed E-state index contributed by atoms with van der Waals surface area (Å²) in [7, 11) is 4.25. The van der Waals surface area contributed by atoms with E-state index in [1.165, 1.54) is 27.5 Å². The number of hydrogen-bond donors (Lipinski definition) is 1. The first-order valence-corrected chi connectivity index (χ1v) is 8.66. The molecule has 3 rings (SSSR count). The summed E-state index contributed by atoms with van der Waals surface area (Å²) < 4.78 is 15.9. The molecule has 1 aliphatic rings. The molecule has 0 unspecified atom stereocenters. The van der Waals surface area contributed by atoms with E-state index in [9.17, 15) is 14.4 Å². The normalized spacial score (nSPS) is 12.4. The molecule has 0 saturated carbocycles. The zero-order chi connectivity index (χ0) is 19.7. The van der Waals surface area contributed by atoms with Gasteiger partial charge in [0.15, 0.2) is 23.0 Å². The smallest absolute Gasteiger partial charge is 0.235 e. The van der Waals surface area contributed by atoms with Crippen LogP contribution in [0.5, 0.6) is 17.2 Å². The van der Waals surface area contributed by atoms with Crippen LogP contribution in [0.3, 0.4) is 0 Å². The maximum absolute atomic E-state index is 13.1. The van der Waals surface area contributed by atoms with E-state index >= 15 is 0 Å². The van der Waals surface area contributed by atoms with Crippen LogP contribution in [-0.2, 0) is 6.42 Å². The summed E-state index contributed by atoms with van der Waals surface area (Å²) in [6.45, 7) is 2.05. The van der Waals surface area contributed by atoms with Gasteiger partial charge in [-0.1, -0.05) is 13.3 Å². The molecule has 1 aliphatic carbocycles. The zero-order valence-corrected chi connectivity index (χ0v) is 15.7. The molecule has 7 heteroatoms. The Morgan fingerprint density at radius 2 is 1.63 bits per heavy atom. The highest BCUT2D eigenvalue weighted by Gasteiger charge is 2.38. The van der Waals surface area contributed by atoms with Crippen molar-refractivity contribution in [2.75, 3.05) is 21.3 Å². The number of rotatable bonds is 6. The molecule has 1 aromatic carbocycles. The third kappa shape index (κ3) is 2.79. The van der Waals surface area contributed by atoms with Gasteiger partial charge in [0.1, 0.15) is 11.3 Å². The fourth-order valence-electron chi connectivity index (χ4n) is 3.39. The van der Waals surface area contributed by atoms with Crippen LogP contribution >= 0.6 is 0 Å². The summed E-state index contributed by atoms with van der Waals surface area (Å²) in [4.78, 5) is 41.5. The molecule has 1 heterocycles. The first-order chi connectivity index (χ1) is 13.0. The fraction of sp³-hybridized carbons (Fsp3) is 0.350. The molecular weight excluding hydrogens is 350 g/mol. The number of ether oxygens (including phenoxy) is 3. The predicted molar refractivity (Wildman–Crippen MR) is 98.6 cm³/mol. The van der Waals surface area contributed by atoms with Gasteiger partial charge in [0, 0.05) is 11.8 Å². The van der Waals surface area contributed by atoms with E-state index in [1.807, 2.05) is 0 Å². The predicted octanol–water partition coefficient (Wildman–Crippen LogP) is 2.52. The van der Waals surface area contributed by atoms with E-state index < -0.39 is 17.0 Å². The Bertz CT molecular complexity index is 989. The monoisotopic (exact) mass is 371 g/mol. The molecule has 1 aromatic heterocycles. The quantitative estimate of drug-likeness (QED) is 0.715. The SMILES string of the molecule is CCCCc1cc2c(c(OC)c1OC)C(=O)c1[nH]cc(OC)c(=O)c1C2=O. The maximum Gasteiger partial charge on any atom is 0.235 e. The standard InChI is InChI=1S/C20H21NO6/c1-5-6-7-10-8-11-13(20(27-4)19(10)26-3)18(24)15-14(16(11)22)17(23)12(25-2)9-21-15/h8-9H,5-7H2,1-4H3,(H,21,23). The van der Waals surface area contributed by atoms with E-state index in [4.69, 9.17) is 14.2 Å². The van der Waals surface area contributed by atoms with Crippen molar-refractivity contribution in [3.63, 3.8) is 0 Å². The summed E-state index contributed by atoms with van der Waals surface area (Å²) in [6.07, 6.45) is 3.77. The van der Waals surface area contributed by atoms with Crippen LogP contribution in [-0.4, -0.2) is 37.9 Å². The van der Waals surface area contributed by atoms with Crippen LogP contribution in [0, 0.1) is 0 Å². The first kappa shape index (κ1) is 18.7. The van der Waals surface area contributed by atoms with Gasteiger partial charge in [0.25, 0.3) is 0 Å². The van der Waals surface area contributed by atoms with E-state index in [2.05, 4.69) is 11.9 Å². The van der Waals surface area contributed by atoms with Crippen LogP contribution in [0.1, 0.15) is 57.3 Å². The number of aromatic amines is 1. The number of aryl methyl sites for hydroxylation is 1. The molecule has 0 aliphatic heterocycles. The van der Waals surface area contributed by atoms with E-state index in [0.717, 1.165) is 18.4 Å². The average molecular weight is 371 g/mol. The minimum absolute atomic E-state index is 0.0231. The molecule has 27 heavy (non-hydrogen) atoms. The second-order valence-corrected chi connectivity index (χ2v) is 6.22. The molecule has 0 atom stereocenters. The highest BCUT2D eigenvalue weighted by Crippen LogP contribution is 2.41. The topological polar surface area (TPSA) is 94.7 Å². The Kier molecular flexibility index (Phi) is 5.03. The highest BCUT2D eigenvalue weighted by atomic mass is 16.5. The molecule has 7 nitrogen and oxygen atoms in total. The van der Waals surface area contributed by atoms with Crippen molar-refractivity contribution in [1.29, 1.82) is 0 Å². The summed E-state index contributed by atoms with van der Waals surface area (Å²) in [5.74, 6) is -0.396. The summed E-state index contributed by atoms with van der Waals surface area (Å²) in [6, 6.07) is 1.63. The molecule has 2 aromatic rings. The Hall–Kier alpha value is -3.09. The van der Waals surface area contributed by atoms with Crippen LogP contribution in [0.2, 0.25) is 0 Å². The van der Waals surface area contributed by atoms with E-state index in [-0.39, 0.29) is 33.9 Å². The second-order valence-electron chi connectivity index (χ2n) is 6.22. The van der Waals surface area contributed by atoms with Crippen LogP contribution in [0.4, 0.5) is 0 Å². The summed E-state index contributed by atoms with van der Waals surface area (Å²) in [5, 5.41) is 0. The number of unbranched alkanes of at least 4 members (excludes halogenated alkanes) is 1. The van der Waals surface area contributed by atoms with Gasteiger partial charge >= 0.3 is 0 Å². The number of benzene rings is 1. The number of pyridine rings is 1. The van der Waals surface area contributed by atoms with Gasteiger partial charge in [-0.05, 0) is 24.5 Å². The number of carbonyl (C=O) groups excluding carboxylic acids is 2. The molecule has 0 fully saturated rings. The minimum Gasteiger partial charge on any atom is -0.493 e. The third-order valence-electron chi connectivity index (χ3n) is 4.71. The number of H-pyrrole nitrogens is 1. The van der Waals surface area contributed by atoms with Crippen LogP contribution in [0.25, 0.3) is 0 Å². The van der Waals surface area contributed by atoms with E-state index in [0.29, 0.717) is 12.2 Å². The zero-order valence-electron chi connectivity index (χ0n) is 15.7. The highest BCUT2D eigenvalue weighted by molar-refractivity contribution is 6.29. The molecule has 0 spiro atoms. The number of nitrogens with one attached hydrogen (secondary N) is 1. The lowest BCUT2D eigenvalue weighted by molar-refractivity contribution is 0.0970. The van der Waals surface area contributed by atoms with Crippen LogP contribution in [0.15, 0.2) is 17.1 Å². The number of fused-ring (bicyclic) bond motifs is 2. The molecule has 0 radical (unpaired) electrons. The maximum atomic E-state index is 13.1. The van der Waals surface area contributed by atoms with Gasteiger partial charge in [-0.2, -0.15) is 0 Å². The number of carbonyl (C=O) groups is 2. The van der Waals surface area contributed by atoms with Crippen molar-refractivity contribution in [2.24, 2.45) is 0 Å². The Morgan fingerprint density at radius 3 is 2.22 bits per heavy atom. The number of methoxy groups -OCH3 is 3. The average Bonchev–Trinajstić information content (AvgIpc) is 2.68. The number of ketones is 2. The largest absolute Gasteiger partial charge is 0.493 e. The van der Waals surface area contributed by atoms with Crippen LogP contribution < -0.4 is 19.6 Å². The van der Waals surface area contributed by atoms with Crippen molar-refractivity contribution in [2.45, 2.75) is 26.2 Å². The summed E-state index contributed by atoms with van der Waals surface area (Å²) >= 11 is 0.